The minimum atomic E-state index is -0.370. The number of hydrogen-bond donors (Lipinski definition) is 1. The number of halogens is 2. The van der Waals surface area contributed by atoms with Crippen molar-refractivity contribution >= 4 is 17.5 Å². The highest BCUT2D eigenvalue weighted by Gasteiger charge is 2.13. The summed E-state index contributed by atoms with van der Waals surface area (Å²) < 4.78 is 29.2. The molecule has 0 radical (unpaired) electrons. The topological polar surface area (TPSA) is 80.6 Å². The van der Waals surface area contributed by atoms with Crippen LogP contribution in [-0.4, -0.2) is 26.2 Å². The van der Waals surface area contributed by atoms with Crippen molar-refractivity contribution in [2.24, 2.45) is 0 Å². The van der Waals surface area contributed by atoms with Crippen molar-refractivity contribution in [2.75, 3.05) is 20.3 Å². The molecule has 6 nitrogen and oxygen atoms in total. The van der Waals surface area contributed by atoms with Crippen LogP contribution in [0.3, 0.4) is 0 Å². The molecule has 0 saturated heterocycles. The lowest BCUT2D eigenvalue weighted by molar-refractivity contribution is -0.120. The minimum Gasteiger partial charge on any atom is -0.493 e. The summed E-state index contributed by atoms with van der Waals surface area (Å²) in [5.74, 6) is 0.592. The molecule has 0 spiro atoms. The average Bonchev–Trinajstić information content (AvgIpc) is 2.66. The van der Waals surface area contributed by atoms with E-state index in [4.69, 9.17) is 31.1 Å². The van der Waals surface area contributed by atoms with Gasteiger partial charge in [-0.05, 0) is 42.0 Å². The van der Waals surface area contributed by atoms with Crippen molar-refractivity contribution in [3.63, 3.8) is 0 Å². The predicted molar refractivity (Wildman–Crippen MR) is 97.5 cm³/mol. The maximum atomic E-state index is 12.8. The number of carbonyl (C=O) groups excluding carboxylic acids is 1. The summed E-state index contributed by atoms with van der Waals surface area (Å²) in [5.41, 5.74) is 0.707. The zero-order chi connectivity index (χ0) is 19.6. The van der Waals surface area contributed by atoms with E-state index in [0.717, 1.165) is 0 Å². The third-order valence-electron chi connectivity index (χ3n) is 3.43. The lowest BCUT2D eigenvalue weighted by Crippen LogP contribution is -2.21. The van der Waals surface area contributed by atoms with Crippen molar-refractivity contribution in [2.45, 2.75) is 13.0 Å². The van der Waals surface area contributed by atoms with Gasteiger partial charge in [0.05, 0.1) is 18.2 Å². The summed E-state index contributed by atoms with van der Waals surface area (Å²) in [6.45, 7) is 0.646. The molecule has 0 bridgehead atoms. The number of methoxy groups -OCH3 is 1. The van der Waals surface area contributed by atoms with Crippen LogP contribution in [0, 0.1) is 17.1 Å². The molecular formula is C19H18ClFN2O4. The van der Waals surface area contributed by atoms with Gasteiger partial charge in [0.25, 0.3) is 0 Å². The minimum absolute atomic E-state index is 0.200. The molecule has 1 amide bonds. The monoisotopic (exact) mass is 392 g/mol. The summed E-state index contributed by atoms with van der Waals surface area (Å²) in [6, 6.07) is 10.8. The Balaban J connectivity index is 1.92. The second-order valence-corrected chi connectivity index (χ2v) is 5.78. The van der Waals surface area contributed by atoms with Crippen molar-refractivity contribution < 1.29 is 23.4 Å². The maximum absolute atomic E-state index is 12.8. The number of ether oxygens (including phenoxy) is 3. The lowest BCUT2D eigenvalue weighted by Gasteiger charge is -2.15. The summed E-state index contributed by atoms with van der Waals surface area (Å²) in [7, 11) is 1.48. The van der Waals surface area contributed by atoms with Gasteiger partial charge >= 0.3 is 0 Å². The number of amides is 1. The molecule has 1 N–H and O–H groups in total. The summed E-state index contributed by atoms with van der Waals surface area (Å²) in [6.07, 6.45) is -0.208. The van der Waals surface area contributed by atoms with Gasteiger partial charge in [-0.15, -0.1) is 0 Å². The van der Waals surface area contributed by atoms with E-state index in [1.54, 1.807) is 18.2 Å². The quantitative estimate of drug-likeness (QED) is 0.661. The first-order valence-electron chi connectivity index (χ1n) is 8.04. The van der Waals surface area contributed by atoms with Crippen molar-refractivity contribution in [1.29, 1.82) is 5.26 Å². The Hall–Kier alpha value is -2.98. The zero-order valence-electron chi connectivity index (χ0n) is 14.6. The standard InChI is InChI=1S/C19H18ClFN2O4/c1-25-17-11-13(12-23-18(24)6-7-22)10-16(20)19(17)27-9-8-26-15-4-2-14(21)3-5-15/h2-5,10-11H,6,8-9,12H2,1H3,(H,23,24). The van der Waals surface area contributed by atoms with Crippen LogP contribution >= 0.6 is 11.6 Å². The maximum Gasteiger partial charge on any atom is 0.234 e. The summed E-state index contributed by atoms with van der Waals surface area (Å²) in [4.78, 5) is 11.4. The van der Waals surface area contributed by atoms with Crippen LogP contribution in [0.4, 0.5) is 4.39 Å². The molecular weight excluding hydrogens is 375 g/mol. The van der Waals surface area contributed by atoms with Crippen LogP contribution in [0.5, 0.6) is 17.2 Å². The summed E-state index contributed by atoms with van der Waals surface area (Å²) in [5, 5.41) is 11.4. The van der Waals surface area contributed by atoms with E-state index in [1.165, 1.54) is 31.4 Å². The molecule has 0 saturated carbocycles. The van der Waals surface area contributed by atoms with E-state index in [9.17, 15) is 9.18 Å². The van der Waals surface area contributed by atoms with Crippen LogP contribution in [0.25, 0.3) is 0 Å². The van der Waals surface area contributed by atoms with Gasteiger partial charge in [0.2, 0.25) is 5.91 Å². The van der Waals surface area contributed by atoms with E-state index in [1.807, 2.05) is 0 Å². The second kappa shape index (κ2) is 10.2. The van der Waals surface area contributed by atoms with E-state index in [-0.39, 0.29) is 37.9 Å². The molecule has 0 aliphatic carbocycles. The fraction of sp³-hybridized carbons (Fsp3) is 0.263. The molecule has 0 aliphatic heterocycles. The number of hydrogen-bond acceptors (Lipinski definition) is 5. The fourth-order valence-electron chi connectivity index (χ4n) is 2.18. The highest BCUT2D eigenvalue weighted by molar-refractivity contribution is 6.32. The lowest BCUT2D eigenvalue weighted by atomic mass is 10.2. The van der Waals surface area contributed by atoms with E-state index < -0.39 is 0 Å². The SMILES string of the molecule is COc1cc(CNC(=O)CC#N)cc(Cl)c1OCCOc1ccc(F)cc1. The van der Waals surface area contributed by atoms with E-state index in [0.29, 0.717) is 27.8 Å². The van der Waals surface area contributed by atoms with Crippen LogP contribution in [-0.2, 0) is 11.3 Å². The molecule has 2 aromatic rings. The Bertz CT molecular complexity index is 822. The van der Waals surface area contributed by atoms with Gasteiger partial charge in [-0.2, -0.15) is 5.26 Å². The van der Waals surface area contributed by atoms with E-state index >= 15 is 0 Å². The largest absolute Gasteiger partial charge is 0.493 e. The Morgan fingerprint density at radius 3 is 2.59 bits per heavy atom. The van der Waals surface area contributed by atoms with Gasteiger partial charge in [0.1, 0.15) is 31.2 Å². The van der Waals surface area contributed by atoms with Gasteiger partial charge in [-0.25, -0.2) is 4.39 Å². The number of rotatable bonds is 9. The first-order valence-corrected chi connectivity index (χ1v) is 8.42. The van der Waals surface area contributed by atoms with Gasteiger partial charge in [-0.1, -0.05) is 11.6 Å². The molecule has 27 heavy (non-hydrogen) atoms. The van der Waals surface area contributed by atoms with Crippen LogP contribution in [0.2, 0.25) is 5.02 Å². The smallest absolute Gasteiger partial charge is 0.234 e. The Kier molecular flexibility index (Phi) is 7.71. The molecule has 2 aromatic carbocycles. The molecule has 0 atom stereocenters. The van der Waals surface area contributed by atoms with Crippen LogP contribution in [0.1, 0.15) is 12.0 Å². The second-order valence-electron chi connectivity index (χ2n) is 5.37. The highest BCUT2D eigenvalue weighted by atomic mass is 35.5. The Labute approximate surface area is 161 Å². The molecule has 0 aromatic heterocycles. The van der Waals surface area contributed by atoms with E-state index in [2.05, 4.69) is 5.32 Å². The molecule has 0 fully saturated rings. The first kappa shape index (κ1) is 20.3. The molecule has 142 valence electrons. The Morgan fingerprint density at radius 2 is 1.93 bits per heavy atom. The number of benzene rings is 2. The van der Waals surface area contributed by atoms with Crippen molar-refractivity contribution in [3.05, 3.63) is 52.8 Å². The number of nitriles is 1. The molecule has 2 rings (SSSR count). The fourth-order valence-corrected chi connectivity index (χ4v) is 2.47. The first-order chi connectivity index (χ1) is 13.0. The number of nitrogens with one attached hydrogen (secondary N) is 1. The van der Waals surface area contributed by atoms with Crippen molar-refractivity contribution in [3.8, 4) is 23.3 Å². The Morgan fingerprint density at radius 1 is 1.22 bits per heavy atom. The van der Waals surface area contributed by atoms with Gasteiger partial charge < -0.3 is 19.5 Å². The van der Waals surface area contributed by atoms with Gasteiger partial charge in [-0.3, -0.25) is 4.79 Å². The third-order valence-corrected chi connectivity index (χ3v) is 3.71. The predicted octanol–water partition coefficient (Wildman–Crippen LogP) is 3.48. The molecule has 0 heterocycles. The molecule has 0 aliphatic rings. The van der Waals surface area contributed by atoms with Gasteiger partial charge in [0.15, 0.2) is 11.5 Å². The number of carbonyl (C=O) groups is 1. The molecule has 8 heteroatoms. The zero-order valence-corrected chi connectivity index (χ0v) is 15.4. The summed E-state index contributed by atoms with van der Waals surface area (Å²) >= 11 is 6.25. The average molecular weight is 393 g/mol. The number of nitrogens with zero attached hydrogens (tertiary/aromatic N) is 1. The van der Waals surface area contributed by atoms with Gasteiger partial charge in [0, 0.05) is 6.54 Å². The normalized spacial score (nSPS) is 10.0. The van der Waals surface area contributed by atoms with Crippen molar-refractivity contribution in [1.82, 2.24) is 5.32 Å². The van der Waals surface area contributed by atoms with Crippen LogP contribution < -0.4 is 19.5 Å². The third kappa shape index (κ3) is 6.35. The molecule has 0 unspecified atom stereocenters. The van der Waals surface area contributed by atoms with Crippen LogP contribution in [0.15, 0.2) is 36.4 Å². The highest BCUT2D eigenvalue weighted by Crippen LogP contribution is 2.36.